The van der Waals surface area contributed by atoms with Crippen molar-refractivity contribution in [1.29, 1.82) is 0 Å². The predicted molar refractivity (Wildman–Crippen MR) is 73.6 cm³/mol. The molecule has 104 valence electrons. The molecule has 1 aromatic carbocycles. The zero-order chi connectivity index (χ0) is 13.8. The molecule has 0 aliphatic rings. The maximum absolute atomic E-state index is 13.4. The monoisotopic (exact) mass is 286 g/mol. The van der Waals surface area contributed by atoms with Crippen LogP contribution in [0.5, 0.6) is 0 Å². The molecule has 0 bridgehead atoms. The lowest BCUT2D eigenvalue weighted by molar-refractivity contribution is 0.510. The first-order chi connectivity index (χ1) is 9.17. The Balaban J connectivity index is 2.43. The highest BCUT2D eigenvalue weighted by Gasteiger charge is 2.13. The number of alkyl halides is 1. The molecule has 0 amide bonds. The smallest absolute Gasteiger partial charge is 0.161 e. The molecule has 0 aliphatic heterocycles. The van der Waals surface area contributed by atoms with Crippen LogP contribution in [-0.4, -0.2) is 15.4 Å². The molecule has 2 aromatic rings. The van der Waals surface area contributed by atoms with E-state index in [2.05, 4.69) is 11.9 Å². The number of imidazole rings is 1. The van der Waals surface area contributed by atoms with Gasteiger partial charge in [0.05, 0.1) is 11.0 Å². The zero-order valence-electron chi connectivity index (χ0n) is 10.9. The molecule has 5 heteroatoms. The van der Waals surface area contributed by atoms with E-state index in [4.69, 9.17) is 11.6 Å². The fraction of sp³-hybridized carbons (Fsp3) is 0.500. The molecular formula is C14H17ClF2N2. The Hall–Kier alpha value is -1.16. The van der Waals surface area contributed by atoms with Gasteiger partial charge < -0.3 is 4.57 Å². The van der Waals surface area contributed by atoms with E-state index in [0.29, 0.717) is 23.3 Å². The van der Waals surface area contributed by atoms with E-state index in [1.807, 2.05) is 4.57 Å². The zero-order valence-corrected chi connectivity index (χ0v) is 11.7. The first-order valence-corrected chi connectivity index (χ1v) is 7.11. The molecule has 0 fully saturated rings. The Kier molecular flexibility index (Phi) is 4.75. The van der Waals surface area contributed by atoms with Crippen molar-refractivity contribution in [3.05, 3.63) is 29.6 Å². The van der Waals surface area contributed by atoms with E-state index in [-0.39, 0.29) is 0 Å². The summed E-state index contributed by atoms with van der Waals surface area (Å²) in [7, 11) is 0. The van der Waals surface area contributed by atoms with Crippen molar-refractivity contribution in [2.24, 2.45) is 0 Å². The topological polar surface area (TPSA) is 17.8 Å². The Bertz CT molecular complexity index is 566. The van der Waals surface area contributed by atoms with Crippen LogP contribution < -0.4 is 0 Å². The van der Waals surface area contributed by atoms with Crippen molar-refractivity contribution < 1.29 is 8.78 Å². The van der Waals surface area contributed by atoms with Crippen molar-refractivity contribution >= 4 is 22.6 Å². The Morgan fingerprint density at radius 1 is 1.21 bits per heavy atom. The fourth-order valence-electron chi connectivity index (χ4n) is 2.21. The van der Waals surface area contributed by atoms with Crippen molar-refractivity contribution in [1.82, 2.24) is 9.55 Å². The van der Waals surface area contributed by atoms with Gasteiger partial charge in [0.2, 0.25) is 0 Å². The van der Waals surface area contributed by atoms with Crippen LogP contribution in [0.2, 0.25) is 0 Å². The number of aromatic nitrogens is 2. The van der Waals surface area contributed by atoms with Gasteiger partial charge in [0, 0.05) is 31.0 Å². The van der Waals surface area contributed by atoms with Crippen LogP contribution in [0.3, 0.4) is 0 Å². The maximum Gasteiger partial charge on any atom is 0.161 e. The SMILES string of the molecule is CCCCCn1c(CCCl)nc2cc(F)c(F)cc21. The number of rotatable bonds is 6. The van der Waals surface area contributed by atoms with E-state index >= 15 is 0 Å². The maximum atomic E-state index is 13.4. The average Bonchev–Trinajstić information content (AvgIpc) is 2.69. The second kappa shape index (κ2) is 6.33. The number of hydrogen-bond acceptors (Lipinski definition) is 1. The van der Waals surface area contributed by atoms with Gasteiger partial charge in [-0.3, -0.25) is 0 Å². The number of halogens is 3. The number of nitrogens with zero attached hydrogens (tertiary/aromatic N) is 2. The van der Waals surface area contributed by atoms with Crippen LogP contribution in [0, 0.1) is 11.6 Å². The standard InChI is InChI=1S/C14H17ClF2N2/c1-2-3-4-7-19-13-9-11(17)10(16)8-12(13)18-14(19)5-6-15/h8-9H,2-7H2,1H3. The Morgan fingerprint density at radius 3 is 2.63 bits per heavy atom. The van der Waals surface area contributed by atoms with E-state index in [0.717, 1.165) is 37.7 Å². The van der Waals surface area contributed by atoms with Crippen LogP contribution in [0.1, 0.15) is 32.0 Å². The minimum atomic E-state index is -0.858. The predicted octanol–water partition coefficient (Wildman–Crippen LogP) is 4.29. The summed E-state index contributed by atoms with van der Waals surface area (Å²) >= 11 is 5.76. The van der Waals surface area contributed by atoms with Gasteiger partial charge in [-0.2, -0.15) is 0 Å². The lowest BCUT2D eigenvalue weighted by atomic mass is 10.2. The van der Waals surface area contributed by atoms with E-state index in [9.17, 15) is 8.78 Å². The van der Waals surface area contributed by atoms with Gasteiger partial charge in [-0.1, -0.05) is 19.8 Å². The number of fused-ring (bicyclic) bond motifs is 1. The van der Waals surface area contributed by atoms with Crippen molar-refractivity contribution in [2.75, 3.05) is 5.88 Å². The second-order valence-electron chi connectivity index (χ2n) is 4.58. The molecule has 19 heavy (non-hydrogen) atoms. The largest absolute Gasteiger partial charge is 0.328 e. The van der Waals surface area contributed by atoms with Crippen LogP contribution in [0.15, 0.2) is 12.1 Å². The van der Waals surface area contributed by atoms with Crippen LogP contribution in [0.25, 0.3) is 11.0 Å². The highest BCUT2D eigenvalue weighted by molar-refractivity contribution is 6.17. The molecule has 2 rings (SSSR count). The lowest BCUT2D eigenvalue weighted by Crippen LogP contribution is -2.05. The molecule has 1 heterocycles. The Morgan fingerprint density at radius 2 is 1.95 bits per heavy atom. The molecule has 0 radical (unpaired) electrons. The van der Waals surface area contributed by atoms with Gasteiger partial charge >= 0.3 is 0 Å². The number of benzene rings is 1. The minimum Gasteiger partial charge on any atom is -0.328 e. The molecule has 1 aromatic heterocycles. The van der Waals surface area contributed by atoms with Gasteiger partial charge in [-0.05, 0) is 6.42 Å². The normalized spacial score (nSPS) is 11.4. The summed E-state index contributed by atoms with van der Waals surface area (Å²) in [5.74, 6) is -0.446. The molecule has 0 atom stereocenters. The molecule has 0 unspecified atom stereocenters. The first-order valence-electron chi connectivity index (χ1n) is 6.57. The van der Waals surface area contributed by atoms with E-state index < -0.39 is 11.6 Å². The number of aryl methyl sites for hydroxylation is 2. The minimum absolute atomic E-state index is 0.446. The molecule has 0 N–H and O–H groups in total. The number of hydrogen-bond donors (Lipinski definition) is 0. The third-order valence-electron chi connectivity index (χ3n) is 3.17. The summed E-state index contributed by atoms with van der Waals surface area (Å²) in [6.07, 6.45) is 3.81. The lowest BCUT2D eigenvalue weighted by Gasteiger charge is -2.08. The summed E-state index contributed by atoms with van der Waals surface area (Å²) in [4.78, 5) is 4.35. The molecule has 2 nitrogen and oxygen atoms in total. The van der Waals surface area contributed by atoms with Crippen molar-refractivity contribution in [3.8, 4) is 0 Å². The summed E-state index contributed by atoms with van der Waals surface area (Å²) in [6, 6.07) is 2.38. The van der Waals surface area contributed by atoms with Crippen molar-refractivity contribution in [3.63, 3.8) is 0 Å². The summed E-state index contributed by atoms with van der Waals surface area (Å²) in [5.41, 5.74) is 1.14. The van der Waals surface area contributed by atoms with Gasteiger partial charge in [0.15, 0.2) is 11.6 Å². The third kappa shape index (κ3) is 3.06. The quantitative estimate of drug-likeness (QED) is 0.572. The Labute approximate surface area is 116 Å². The highest BCUT2D eigenvalue weighted by atomic mass is 35.5. The fourth-order valence-corrected chi connectivity index (χ4v) is 2.38. The van der Waals surface area contributed by atoms with Crippen LogP contribution >= 0.6 is 11.6 Å². The molecule has 0 spiro atoms. The van der Waals surface area contributed by atoms with E-state index in [1.54, 1.807) is 0 Å². The van der Waals surface area contributed by atoms with Gasteiger partial charge in [-0.25, -0.2) is 13.8 Å². The first kappa shape index (κ1) is 14.3. The third-order valence-corrected chi connectivity index (χ3v) is 3.36. The van der Waals surface area contributed by atoms with Crippen LogP contribution in [0.4, 0.5) is 8.78 Å². The summed E-state index contributed by atoms with van der Waals surface area (Å²) < 4.78 is 28.6. The summed E-state index contributed by atoms with van der Waals surface area (Å²) in [6.45, 7) is 2.89. The van der Waals surface area contributed by atoms with Crippen LogP contribution in [-0.2, 0) is 13.0 Å². The molecule has 0 saturated heterocycles. The summed E-state index contributed by atoms with van der Waals surface area (Å²) in [5, 5.41) is 0. The molecule has 0 aliphatic carbocycles. The van der Waals surface area contributed by atoms with Gasteiger partial charge in [0.25, 0.3) is 0 Å². The van der Waals surface area contributed by atoms with Gasteiger partial charge in [-0.15, -0.1) is 11.6 Å². The van der Waals surface area contributed by atoms with Crippen molar-refractivity contribution in [2.45, 2.75) is 39.2 Å². The van der Waals surface area contributed by atoms with E-state index in [1.165, 1.54) is 6.07 Å². The second-order valence-corrected chi connectivity index (χ2v) is 4.96. The number of unbranched alkanes of at least 4 members (excludes halogenated alkanes) is 2. The molecule has 0 saturated carbocycles. The average molecular weight is 287 g/mol. The van der Waals surface area contributed by atoms with Gasteiger partial charge in [0.1, 0.15) is 5.82 Å². The highest BCUT2D eigenvalue weighted by Crippen LogP contribution is 2.21. The molecular weight excluding hydrogens is 270 g/mol.